The van der Waals surface area contributed by atoms with E-state index in [0.29, 0.717) is 30.3 Å². The lowest BCUT2D eigenvalue weighted by atomic mass is 9.55. The second-order valence-corrected chi connectivity index (χ2v) is 9.66. The molecule has 2 saturated heterocycles. The molecule has 5 rings (SSSR count). The minimum absolute atomic E-state index is 0.00382. The van der Waals surface area contributed by atoms with Crippen molar-refractivity contribution in [1.29, 1.82) is 0 Å². The number of imide groups is 1. The highest BCUT2D eigenvalue weighted by Gasteiger charge is 2.58. The molecule has 1 aliphatic carbocycles. The number of amides is 2. The van der Waals surface area contributed by atoms with Gasteiger partial charge in [-0.2, -0.15) is 0 Å². The van der Waals surface area contributed by atoms with Crippen molar-refractivity contribution < 1.29 is 34.4 Å². The Morgan fingerprint density at radius 1 is 1.14 bits per heavy atom. The van der Waals surface area contributed by atoms with E-state index in [1.165, 1.54) is 24.3 Å². The topological polar surface area (TPSA) is 128 Å². The second-order valence-electron chi connectivity index (χ2n) is 9.25. The van der Waals surface area contributed by atoms with E-state index in [9.17, 15) is 29.8 Å². The number of anilines is 1. The van der Waals surface area contributed by atoms with E-state index in [4.69, 9.17) is 16.3 Å². The molecule has 2 fully saturated rings. The van der Waals surface area contributed by atoms with Crippen LogP contribution in [0.4, 0.5) is 5.69 Å². The van der Waals surface area contributed by atoms with Gasteiger partial charge in [0.2, 0.25) is 11.8 Å². The summed E-state index contributed by atoms with van der Waals surface area (Å²) >= 11 is 6.34. The standard InChI is InChI=1S/C24H24B2ClNO7/c1-2-12-8-18-21(24(31)28(23(18)30)14-5-3-4-13(9-14)25(32)33)17-11-20(35-26(34)22(12)17)16-7-6-15(29)10-19(16)27/h3-7,9-10,17-18,20-21,29,32-34H,2,8,11H2,1H3/t17-,18-,20-,21+/m0/s1. The second kappa shape index (κ2) is 9.11. The van der Waals surface area contributed by atoms with Gasteiger partial charge in [-0.15, -0.1) is 0 Å². The van der Waals surface area contributed by atoms with Crippen LogP contribution in [0.1, 0.15) is 37.9 Å². The molecule has 2 aromatic rings. The summed E-state index contributed by atoms with van der Waals surface area (Å²) in [7, 11) is -2.98. The van der Waals surface area contributed by atoms with E-state index < -0.39 is 38.1 Å². The molecule has 35 heavy (non-hydrogen) atoms. The Labute approximate surface area is 208 Å². The van der Waals surface area contributed by atoms with Crippen molar-refractivity contribution in [1.82, 2.24) is 0 Å². The van der Waals surface area contributed by atoms with Crippen molar-refractivity contribution in [2.75, 3.05) is 4.90 Å². The number of rotatable bonds is 4. The fourth-order valence-corrected chi connectivity index (χ4v) is 6.10. The zero-order valence-electron chi connectivity index (χ0n) is 19.0. The van der Waals surface area contributed by atoms with Crippen LogP contribution in [0, 0.1) is 17.8 Å². The molecule has 2 heterocycles. The van der Waals surface area contributed by atoms with Gasteiger partial charge in [0.15, 0.2) is 0 Å². The van der Waals surface area contributed by atoms with E-state index >= 15 is 0 Å². The number of hydrogen-bond donors (Lipinski definition) is 4. The Balaban J connectivity index is 1.54. The van der Waals surface area contributed by atoms with Crippen LogP contribution in [0.15, 0.2) is 53.5 Å². The molecular formula is C24H24B2ClNO7. The molecule has 0 bridgehead atoms. The van der Waals surface area contributed by atoms with E-state index in [1.807, 2.05) is 6.92 Å². The SMILES string of the molecule is CCC1=C2B(O)O[C@H](c3ccc(O)cc3Cl)C[C@H]2[C@H]2C(=O)N(c3cccc(B(O)O)c3)C(=O)[C@H]2C1. The lowest BCUT2D eigenvalue weighted by Crippen LogP contribution is -2.45. The van der Waals surface area contributed by atoms with Crippen molar-refractivity contribution in [3.05, 3.63) is 64.1 Å². The molecule has 0 unspecified atom stereocenters. The van der Waals surface area contributed by atoms with Gasteiger partial charge >= 0.3 is 14.2 Å². The maximum Gasteiger partial charge on any atom is 0.488 e. The van der Waals surface area contributed by atoms with Crippen molar-refractivity contribution in [3.8, 4) is 5.75 Å². The van der Waals surface area contributed by atoms with Crippen LogP contribution in [0.2, 0.25) is 5.02 Å². The Morgan fingerprint density at radius 2 is 1.91 bits per heavy atom. The zero-order valence-corrected chi connectivity index (χ0v) is 19.7. The molecule has 4 atom stereocenters. The van der Waals surface area contributed by atoms with Gasteiger partial charge in [-0.1, -0.05) is 42.3 Å². The Hall–Kier alpha value is -2.62. The number of nitrogens with zero attached hydrogens (tertiary/aromatic N) is 1. The van der Waals surface area contributed by atoms with Crippen LogP contribution in [0.5, 0.6) is 5.75 Å². The zero-order chi connectivity index (χ0) is 25.0. The van der Waals surface area contributed by atoms with E-state index in [-0.39, 0.29) is 33.7 Å². The number of aromatic hydroxyl groups is 1. The number of benzene rings is 2. The van der Waals surface area contributed by atoms with Gasteiger partial charge in [0.05, 0.1) is 23.6 Å². The molecule has 4 N–H and O–H groups in total. The number of carbonyl (C=O) groups is 2. The first-order valence-electron chi connectivity index (χ1n) is 11.6. The molecule has 0 saturated carbocycles. The highest BCUT2D eigenvalue weighted by Crippen LogP contribution is 2.53. The number of hydrogen-bond acceptors (Lipinski definition) is 7. The van der Waals surface area contributed by atoms with Gasteiger partial charge in [0.25, 0.3) is 0 Å². The normalized spacial score (nSPS) is 26.2. The Morgan fingerprint density at radius 3 is 2.60 bits per heavy atom. The van der Waals surface area contributed by atoms with Crippen LogP contribution in [0.25, 0.3) is 0 Å². The monoisotopic (exact) mass is 495 g/mol. The predicted octanol–water partition coefficient (Wildman–Crippen LogP) is 1.74. The third-order valence-corrected chi connectivity index (χ3v) is 7.72. The first-order valence-corrected chi connectivity index (χ1v) is 12.0. The number of allylic oxidation sites excluding steroid dienone is 2. The van der Waals surface area contributed by atoms with Crippen molar-refractivity contribution in [2.45, 2.75) is 32.3 Å². The number of phenolic OH excluding ortho intramolecular Hbond substituents is 1. The van der Waals surface area contributed by atoms with Gasteiger partial charge in [0.1, 0.15) is 5.75 Å². The van der Waals surface area contributed by atoms with Crippen molar-refractivity contribution >= 4 is 48.8 Å². The van der Waals surface area contributed by atoms with Crippen molar-refractivity contribution in [3.63, 3.8) is 0 Å². The van der Waals surface area contributed by atoms with E-state index in [2.05, 4.69) is 0 Å². The summed E-state index contributed by atoms with van der Waals surface area (Å²) in [5.74, 6) is -2.43. The van der Waals surface area contributed by atoms with Crippen LogP contribution in [0.3, 0.4) is 0 Å². The number of phenols is 1. The summed E-state index contributed by atoms with van der Waals surface area (Å²) in [4.78, 5) is 28.4. The van der Waals surface area contributed by atoms with Crippen LogP contribution in [-0.2, 0) is 14.2 Å². The summed E-state index contributed by atoms with van der Waals surface area (Å²) in [5.41, 5.74) is 2.60. The fourth-order valence-electron chi connectivity index (χ4n) is 5.81. The van der Waals surface area contributed by atoms with Crippen LogP contribution >= 0.6 is 11.6 Å². The summed E-state index contributed by atoms with van der Waals surface area (Å²) in [6.07, 6.45) is 0.660. The molecule has 2 amide bonds. The van der Waals surface area contributed by atoms with Gasteiger partial charge in [-0.05, 0) is 65.9 Å². The Bertz CT molecular complexity index is 1240. The van der Waals surface area contributed by atoms with E-state index in [0.717, 1.165) is 10.5 Å². The third-order valence-electron chi connectivity index (χ3n) is 7.40. The van der Waals surface area contributed by atoms with Gasteiger partial charge in [-0.3, -0.25) is 14.5 Å². The quantitative estimate of drug-likeness (QED) is 0.376. The molecule has 11 heteroatoms. The highest BCUT2D eigenvalue weighted by molar-refractivity contribution is 6.58. The molecule has 2 aromatic carbocycles. The summed E-state index contributed by atoms with van der Waals surface area (Å²) in [5, 5.41) is 40.1. The molecule has 2 aliphatic heterocycles. The average molecular weight is 496 g/mol. The smallest absolute Gasteiger partial charge is 0.488 e. The van der Waals surface area contributed by atoms with Gasteiger partial charge in [-0.25, -0.2) is 0 Å². The van der Waals surface area contributed by atoms with Gasteiger partial charge in [0, 0.05) is 5.02 Å². The van der Waals surface area contributed by atoms with E-state index in [1.54, 1.807) is 18.2 Å². The van der Waals surface area contributed by atoms with Gasteiger partial charge < -0.3 is 24.8 Å². The summed E-state index contributed by atoms with van der Waals surface area (Å²) in [6.45, 7) is 1.94. The fraction of sp³-hybridized carbons (Fsp3) is 0.333. The molecule has 3 aliphatic rings. The minimum atomic E-state index is -1.73. The molecule has 0 spiro atoms. The highest BCUT2D eigenvalue weighted by atomic mass is 35.5. The summed E-state index contributed by atoms with van der Waals surface area (Å²) in [6, 6.07) is 10.6. The van der Waals surface area contributed by atoms with Crippen LogP contribution < -0.4 is 10.4 Å². The lowest BCUT2D eigenvalue weighted by molar-refractivity contribution is -0.123. The molecule has 0 aromatic heterocycles. The third kappa shape index (κ3) is 3.99. The number of fused-ring (bicyclic) bond motifs is 3. The molecular weight excluding hydrogens is 471 g/mol. The molecule has 0 radical (unpaired) electrons. The summed E-state index contributed by atoms with van der Waals surface area (Å²) < 4.78 is 5.92. The molecule has 8 nitrogen and oxygen atoms in total. The maximum absolute atomic E-state index is 13.7. The maximum atomic E-state index is 13.7. The minimum Gasteiger partial charge on any atom is -0.508 e. The Kier molecular flexibility index (Phi) is 6.27. The average Bonchev–Trinajstić information content (AvgIpc) is 3.08. The first kappa shape index (κ1) is 24.1. The molecule has 180 valence electrons. The largest absolute Gasteiger partial charge is 0.508 e. The van der Waals surface area contributed by atoms with Crippen LogP contribution in [-0.4, -0.2) is 46.2 Å². The number of carbonyl (C=O) groups excluding carboxylic acids is 2. The first-order chi connectivity index (χ1) is 16.7. The number of halogens is 1. The predicted molar refractivity (Wildman–Crippen MR) is 131 cm³/mol. The lowest BCUT2D eigenvalue weighted by Gasteiger charge is -2.42. The van der Waals surface area contributed by atoms with Crippen molar-refractivity contribution in [2.24, 2.45) is 17.8 Å².